The lowest BCUT2D eigenvalue weighted by molar-refractivity contribution is -0.135. The van der Waals surface area contributed by atoms with Gasteiger partial charge in [0.25, 0.3) is 0 Å². The third kappa shape index (κ3) is 4.25. The summed E-state index contributed by atoms with van der Waals surface area (Å²) in [6.07, 6.45) is 6.11. The Morgan fingerprint density at radius 2 is 1.65 bits per heavy atom. The summed E-state index contributed by atoms with van der Waals surface area (Å²) in [4.78, 5) is 19.8. The number of likely N-dealkylation sites (tertiary alicyclic amines) is 1. The Hall–Kier alpha value is -0.650. The second-order valence-electron chi connectivity index (χ2n) is 7.68. The van der Waals surface area contributed by atoms with Crippen LogP contribution in [0.4, 0.5) is 0 Å². The van der Waals surface area contributed by atoms with Crippen LogP contribution in [0, 0.1) is 0 Å². The van der Waals surface area contributed by atoms with E-state index in [4.69, 9.17) is 0 Å². The van der Waals surface area contributed by atoms with Gasteiger partial charge in [0.1, 0.15) is 0 Å². The van der Waals surface area contributed by atoms with Gasteiger partial charge in [-0.1, -0.05) is 6.42 Å². The van der Waals surface area contributed by atoms with Gasteiger partial charge in [0, 0.05) is 51.4 Å². The van der Waals surface area contributed by atoms with Crippen LogP contribution < -0.4 is 5.32 Å². The molecule has 0 radical (unpaired) electrons. The summed E-state index contributed by atoms with van der Waals surface area (Å²) in [6, 6.07) is 1.57. The summed E-state index contributed by atoms with van der Waals surface area (Å²) in [7, 11) is 0. The van der Waals surface area contributed by atoms with Gasteiger partial charge in [-0.15, -0.1) is 0 Å². The molecular weight excluding hydrogens is 288 g/mol. The Morgan fingerprint density at radius 3 is 2.26 bits per heavy atom. The van der Waals surface area contributed by atoms with Crippen molar-refractivity contribution < 1.29 is 4.79 Å². The molecule has 3 aliphatic rings. The van der Waals surface area contributed by atoms with Crippen molar-refractivity contribution in [2.45, 2.75) is 64.1 Å². The molecule has 3 heterocycles. The molecule has 0 bridgehead atoms. The zero-order chi connectivity index (χ0) is 16.2. The molecule has 1 amide bonds. The second-order valence-corrected chi connectivity index (χ2v) is 7.68. The molecule has 0 saturated carbocycles. The molecule has 1 N–H and O–H groups in total. The predicted molar refractivity (Wildman–Crippen MR) is 93.5 cm³/mol. The van der Waals surface area contributed by atoms with E-state index in [2.05, 4.69) is 33.9 Å². The van der Waals surface area contributed by atoms with Crippen molar-refractivity contribution in [2.24, 2.45) is 0 Å². The molecule has 0 spiro atoms. The molecule has 0 aromatic carbocycles. The van der Waals surface area contributed by atoms with Gasteiger partial charge in [0.05, 0.1) is 6.04 Å². The minimum absolute atomic E-state index is 0.0848. The number of amides is 1. The number of rotatable bonds is 4. The Labute approximate surface area is 141 Å². The molecule has 0 aromatic heterocycles. The molecular formula is C18H34N4O. The van der Waals surface area contributed by atoms with E-state index < -0.39 is 0 Å². The maximum Gasteiger partial charge on any atom is 0.239 e. The summed E-state index contributed by atoms with van der Waals surface area (Å²) in [5, 5.41) is 3.39. The molecule has 3 rings (SSSR count). The summed E-state index contributed by atoms with van der Waals surface area (Å²) < 4.78 is 0. The molecule has 3 fully saturated rings. The second kappa shape index (κ2) is 7.95. The lowest BCUT2D eigenvalue weighted by Gasteiger charge is -2.38. The number of hydrogen-bond donors (Lipinski definition) is 1. The standard InChI is InChI=1S/C18H34N4O/c1-15-6-7-16(2)22(15)14-11-20-9-12-21(13-10-20)18(23)17-5-3-4-8-19-17/h15-17,19H,3-14H2,1-2H3/t15-,16-,17-/m1/s1. The Morgan fingerprint density at radius 1 is 0.957 bits per heavy atom. The van der Waals surface area contributed by atoms with Crippen LogP contribution in [0.2, 0.25) is 0 Å². The summed E-state index contributed by atoms with van der Waals surface area (Å²) in [5.41, 5.74) is 0. The third-order valence-electron chi connectivity index (χ3n) is 6.10. The zero-order valence-electron chi connectivity index (χ0n) is 15.0. The van der Waals surface area contributed by atoms with Crippen molar-refractivity contribution in [1.82, 2.24) is 20.0 Å². The quantitative estimate of drug-likeness (QED) is 0.843. The van der Waals surface area contributed by atoms with E-state index in [0.717, 1.165) is 57.8 Å². The number of nitrogens with one attached hydrogen (secondary N) is 1. The maximum atomic E-state index is 12.5. The molecule has 5 nitrogen and oxygen atoms in total. The molecule has 0 aliphatic carbocycles. The SMILES string of the molecule is C[C@@H]1CC[C@@H](C)N1CCN1CCN(C(=O)[C@H]2CCCCN2)CC1. The molecule has 0 unspecified atom stereocenters. The van der Waals surface area contributed by atoms with Crippen LogP contribution in [0.3, 0.4) is 0 Å². The number of piperazine rings is 1. The summed E-state index contributed by atoms with van der Waals surface area (Å²) >= 11 is 0. The minimum Gasteiger partial charge on any atom is -0.339 e. The monoisotopic (exact) mass is 322 g/mol. The highest BCUT2D eigenvalue weighted by Crippen LogP contribution is 2.23. The van der Waals surface area contributed by atoms with Gasteiger partial charge in [0.15, 0.2) is 0 Å². The molecule has 5 heteroatoms. The van der Waals surface area contributed by atoms with Gasteiger partial charge in [-0.3, -0.25) is 14.6 Å². The largest absolute Gasteiger partial charge is 0.339 e. The molecule has 3 atom stereocenters. The smallest absolute Gasteiger partial charge is 0.239 e. The van der Waals surface area contributed by atoms with E-state index in [9.17, 15) is 4.79 Å². The van der Waals surface area contributed by atoms with E-state index in [1.54, 1.807) is 0 Å². The Bertz CT molecular complexity index is 378. The average Bonchev–Trinajstić information content (AvgIpc) is 2.92. The first-order valence-corrected chi connectivity index (χ1v) is 9.65. The van der Waals surface area contributed by atoms with Crippen LogP contribution in [-0.2, 0) is 4.79 Å². The van der Waals surface area contributed by atoms with E-state index in [1.165, 1.54) is 32.2 Å². The average molecular weight is 322 g/mol. The Kier molecular flexibility index (Phi) is 5.94. The highest BCUT2D eigenvalue weighted by Gasteiger charge is 2.30. The van der Waals surface area contributed by atoms with E-state index in [-0.39, 0.29) is 6.04 Å². The number of carbonyl (C=O) groups excluding carboxylic acids is 1. The van der Waals surface area contributed by atoms with Crippen molar-refractivity contribution >= 4 is 5.91 Å². The lowest BCUT2D eigenvalue weighted by atomic mass is 10.0. The number of hydrogen-bond acceptors (Lipinski definition) is 4. The predicted octanol–water partition coefficient (Wildman–Crippen LogP) is 1.15. The van der Waals surface area contributed by atoms with Crippen LogP contribution in [0.1, 0.15) is 46.0 Å². The van der Waals surface area contributed by atoms with Crippen molar-refractivity contribution in [2.75, 3.05) is 45.8 Å². The van der Waals surface area contributed by atoms with Crippen LogP contribution >= 0.6 is 0 Å². The molecule has 0 aromatic rings. The first-order valence-electron chi connectivity index (χ1n) is 9.65. The molecule has 23 heavy (non-hydrogen) atoms. The first kappa shape index (κ1) is 17.2. The van der Waals surface area contributed by atoms with Gasteiger partial charge in [-0.05, 0) is 46.1 Å². The van der Waals surface area contributed by atoms with Crippen molar-refractivity contribution in [3.8, 4) is 0 Å². The minimum atomic E-state index is 0.0848. The Balaban J connectivity index is 1.39. The highest BCUT2D eigenvalue weighted by molar-refractivity contribution is 5.82. The number of piperidine rings is 1. The van der Waals surface area contributed by atoms with Gasteiger partial charge in [-0.2, -0.15) is 0 Å². The van der Waals surface area contributed by atoms with E-state index >= 15 is 0 Å². The maximum absolute atomic E-state index is 12.5. The van der Waals surface area contributed by atoms with Crippen LogP contribution in [0.5, 0.6) is 0 Å². The number of nitrogens with zero attached hydrogens (tertiary/aromatic N) is 3. The van der Waals surface area contributed by atoms with Gasteiger partial charge in [0.2, 0.25) is 5.91 Å². The van der Waals surface area contributed by atoms with Gasteiger partial charge >= 0.3 is 0 Å². The van der Waals surface area contributed by atoms with Gasteiger partial charge in [-0.25, -0.2) is 0 Å². The van der Waals surface area contributed by atoms with Crippen molar-refractivity contribution in [1.29, 1.82) is 0 Å². The van der Waals surface area contributed by atoms with Crippen molar-refractivity contribution in [3.05, 3.63) is 0 Å². The van der Waals surface area contributed by atoms with E-state index in [1.807, 2.05) is 0 Å². The zero-order valence-corrected chi connectivity index (χ0v) is 15.0. The normalized spacial score (nSPS) is 34.0. The topological polar surface area (TPSA) is 38.8 Å². The first-order chi connectivity index (χ1) is 11.1. The van der Waals surface area contributed by atoms with Crippen LogP contribution in [0.25, 0.3) is 0 Å². The summed E-state index contributed by atoms with van der Waals surface area (Å²) in [5.74, 6) is 0.339. The molecule has 3 aliphatic heterocycles. The molecule has 3 saturated heterocycles. The molecule has 132 valence electrons. The van der Waals surface area contributed by atoms with Crippen LogP contribution in [-0.4, -0.2) is 84.5 Å². The number of carbonyl (C=O) groups is 1. The fraction of sp³-hybridized carbons (Fsp3) is 0.944. The third-order valence-corrected chi connectivity index (χ3v) is 6.10. The van der Waals surface area contributed by atoms with E-state index in [0.29, 0.717) is 5.91 Å². The fourth-order valence-electron chi connectivity index (χ4n) is 4.42. The van der Waals surface area contributed by atoms with Crippen molar-refractivity contribution in [3.63, 3.8) is 0 Å². The summed E-state index contributed by atoms with van der Waals surface area (Å²) in [6.45, 7) is 11.9. The lowest BCUT2D eigenvalue weighted by Crippen LogP contribution is -2.55. The highest BCUT2D eigenvalue weighted by atomic mass is 16.2. The van der Waals surface area contributed by atoms with Crippen LogP contribution in [0.15, 0.2) is 0 Å². The fourth-order valence-corrected chi connectivity index (χ4v) is 4.42. The van der Waals surface area contributed by atoms with Gasteiger partial charge < -0.3 is 10.2 Å².